The van der Waals surface area contributed by atoms with Crippen LogP contribution in [0.1, 0.15) is 26.2 Å². The van der Waals surface area contributed by atoms with Crippen molar-refractivity contribution in [3.63, 3.8) is 0 Å². The molecular weight excluding hydrogens is 286 g/mol. The number of aliphatic hydroxyl groups is 1. The molecule has 4 atom stereocenters. The van der Waals surface area contributed by atoms with E-state index in [1.54, 1.807) is 6.92 Å². The number of ether oxygens (including phenoxy) is 1. The summed E-state index contributed by atoms with van der Waals surface area (Å²) in [6.45, 7) is 1.80. The number of sulfonamides is 1. The van der Waals surface area contributed by atoms with Crippen molar-refractivity contribution >= 4 is 16.0 Å². The Labute approximate surface area is 118 Å². The van der Waals surface area contributed by atoms with Crippen molar-refractivity contribution in [3.8, 4) is 0 Å². The number of nitrogens with zero attached hydrogens (tertiary/aromatic N) is 1. The van der Waals surface area contributed by atoms with E-state index in [-0.39, 0.29) is 25.8 Å². The molecule has 2 fully saturated rings. The second kappa shape index (κ2) is 5.97. The molecule has 2 N–H and O–H groups in total. The molecule has 7 nitrogen and oxygen atoms in total. The van der Waals surface area contributed by atoms with Gasteiger partial charge in [0.25, 0.3) is 0 Å². The van der Waals surface area contributed by atoms with Gasteiger partial charge in [0.1, 0.15) is 0 Å². The van der Waals surface area contributed by atoms with Gasteiger partial charge in [-0.15, -0.1) is 0 Å². The molecular formula is C12H21NO6S. The number of rotatable bonds is 4. The lowest BCUT2D eigenvalue weighted by Gasteiger charge is -2.37. The number of hydrogen-bond donors (Lipinski definition) is 2. The van der Waals surface area contributed by atoms with Crippen LogP contribution in [-0.2, 0) is 19.6 Å². The highest BCUT2D eigenvalue weighted by molar-refractivity contribution is 7.89. The van der Waals surface area contributed by atoms with Gasteiger partial charge in [0.05, 0.1) is 30.0 Å². The van der Waals surface area contributed by atoms with E-state index in [0.29, 0.717) is 19.3 Å². The number of aliphatic hydroxyl groups excluding tert-OH is 1. The Morgan fingerprint density at radius 1 is 1.35 bits per heavy atom. The number of hydrogen-bond acceptors (Lipinski definition) is 5. The number of aliphatic carboxylic acids is 1. The molecule has 0 amide bonds. The molecule has 1 saturated carbocycles. The van der Waals surface area contributed by atoms with Crippen LogP contribution in [0.25, 0.3) is 0 Å². The third-order valence-corrected chi connectivity index (χ3v) is 6.36. The van der Waals surface area contributed by atoms with Crippen LogP contribution in [0.5, 0.6) is 0 Å². The molecule has 1 aliphatic heterocycles. The third-order valence-electron chi connectivity index (χ3n) is 4.01. The molecule has 0 bridgehead atoms. The van der Waals surface area contributed by atoms with Crippen molar-refractivity contribution in [2.75, 3.05) is 19.7 Å². The van der Waals surface area contributed by atoms with Crippen LogP contribution in [0, 0.1) is 5.92 Å². The van der Waals surface area contributed by atoms with Crippen LogP contribution in [0.3, 0.4) is 0 Å². The summed E-state index contributed by atoms with van der Waals surface area (Å²) in [4.78, 5) is 11.2. The monoisotopic (exact) mass is 307 g/mol. The normalized spacial score (nSPS) is 36.1. The Hall–Kier alpha value is -0.700. The second-order valence-electron chi connectivity index (χ2n) is 5.53. The maximum absolute atomic E-state index is 12.6. The van der Waals surface area contributed by atoms with Crippen LogP contribution < -0.4 is 0 Å². The summed E-state index contributed by atoms with van der Waals surface area (Å²) < 4.78 is 32.0. The van der Waals surface area contributed by atoms with Crippen molar-refractivity contribution < 1.29 is 28.2 Å². The molecule has 1 aliphatic carbocycles. The summed E-state index contributed by atoms with van der Waals surface area (Å²) in [6, 6.07) is 0. The predicted molar refractivity (Wildman–Crippen MR) is 70.7 cm³/mol. The molecule has 116 valence electrons. The molecule has 0 aromatic rings. The maximum Gasteiger partial charge on any atom is 0.307 e. The first-order chi connectivity index (χ1) is 9.36. The maximum atomic E-state index is 12.6. The highest BCUT2D eigenvalue weighted by Crippen LogP contribution is 2.34. The first kappa shape index (κ1) is 15.7. The Bertz CT molecular complexity index is 465. The largest absolute Gasteiger partial charge is 0.481 e. The molecule has 0 aromatic heterocycles. The van der Waals surface area contributed by atoms with Gasteiger partial charge in [0.2, 0.25) is 10.0 Å². The van der Waals surface area contributed by atoms with Crippen molar-refractivity contribution in [1.82, 2.24) is 4.31 Å². The van der Waals surface area contributed by atoms with E-state index in [1.807, 2.05) is 0 Å². The van der Waals surface area contributed by atoms with Gasteiger partial charge in [0, 0.05) is 13.1 Å². The lowest BCUT2D eigenvalue weighted by Crippen LogP contribution is -2.53. The standard InChI is InChI=1S/C12H21NO6S/c1-8-5-13(6-9(7-14)19-8)20(17,18)11-4-2-3-10(11)12(15)16/h8-11,14H,2-7H2,1H3,(H,15,16). The van der Waals surface area contributed by atoms with Gasteiger partial charge in [-0.1, -0.05) is 6.42 Å². The van der Waals surface area contributed by atoms with E-state index in [4.69, 9.17) is 14.9 Å². The van der Waals surface area contributed by atoms with Gasteiger partial charge < -0.3 is 14.9 Å². The smallest absolute Gasteiger partial charge is 0.307 e. The highest BCUT2D eigenvalue weighted by atomic mass is 32.2. The average molecular weight is 307 g/mol. The summed E-state index contributed by atoms with van der Waals surface area (Å²) in [5.74, 6) is -1.87. The predicted octanol–water partition coefficient (Wildman–Crippen LogP) is -0.349. The zero-order valence-electron chi connectivity index (χ0n) is 11.4. The van der Waals surface area contributed by atoms with Gasteiger partial charge in [-0.2, -0.15) is 4.31 Å². The summed E-state index contributed by atoms with van der Waals surface area (Å²) in [5.41, 5.74) is 0. The van der Waals surface area contributed by atoms with E-state index < -0.39 is 33.3 Å². The van der Waals surface area contributed by atoms with Gasteiger partial charge >= 0.3 is 5.97 Å². The number of carboxylic acid groups (broad SMARTS) is 1. The Morgan fingerprint density at radius 2 is 2.05 bits per heavy atom. The Kier molecular flexibility index (Phi) is 4.68. The molecule has 8 heteroatoms. The molecule has 20 heavy (non-hydrogen) atoms. The summed E-state index contributed by atoms with van der Waals surface area (Å²) >= 11 is 0. The minimum Gasteiger partial charge on any atom is -0.481 e. The fraction of sp³-hybridized carbons (Fsp3) is 0.917. The second-order valence-corrected chi connectivity index (χ2v) is 7.68. The van der Waals surface area contributed by atoms with Crippen LogP contribution in [0.4, 0.5) is 0 Å². The molecule has 0 aromatic carbocycles. The zero-order valence-corrected chi connectivity index (χ0v) is 12.3. The summed E-state index contributed by atoms with van der Waals surface area (Å²) in [5, 5.41) is 17.4. The van der Waals surface area contributed by atoms with Crippen molar-refractivity contribution in [3.05, 3.63) is 0 Å². The molecule has 0 radical (unpaired) electrons. The third kappa shape index (κ3) is 2.98. The van der Waals surface area contributed by atoms with Crippen LogP contribution in [-0.4, -0.2) is 66.1 Å². The van der Waals surface area contributed by atoms with E-state index in [9.17, 15) is 13.2 Å². The molecule has 1 heterocycles. The molecule has 2 aliphatic rings. The minimum atomic E-state index is -3.67. The highest BCUT2D eigenvalue weighted by Gasteiger charge is 2.46. The van der Waals surface area contributed by atoms with Crippen molar-refractivity contribution in [1.29, 1.82) is 0 Å². The van der Waals surface area contributed by atoms with E-state index >= 15 is 0 Å². The Morgan fingerprint density at radius 3 is 2.65 bits per heavy atom. The van der Waals surface area contributed by atoms with Gasteiger partial charge in [-0.25, -0.2) is 8.42 Å². The molecule has 1 saturated heterocycles. The van der Waals surface area contributed by atoms with Gasteiger partial charge in [-0.3, -0.25) is 4.79 Å². The van der Waals surface area contributed by atoms with Crippen molar-refractivity contribution in [2.45, 2.75) is 43.6 Å². The number of morpholine rings is 1. The zero-order chi connectivity index (χ0) is 14.9. The fourth-order valence-electron chi connectivity index (χ4n) is 3.07. The average Bonchev–Trinajstić information content (AvgIpc) is 2.88. The number of carboxylic acids is 1. The van der Waals surface area contributed by atoms with Crippen molar-refractivity contribution in [2.24, 2.45) is 5.92 Å². The van der Waals surface area contributed by atoms with Gasteiger partial charge in [0.15, 0.2) is 0 Å². The number of carbonyl (C=O) groups is 1. The van der Waals surface area contributed by atoms with E-state index in [2.05, 4.69) is 0 Å². The lowest BCUT2D eigenvalue weighted by molar-refractivity contribution is -0.141. The first-order valence-electron chi connectivity index (χ1n) is 6.84. The van der Waals surface area contributed by atoms with E-state index in [0.717, 1.165) is 0 Å². The molecule has 4 unspecified atom stereocenters. The van der Waals surface area contributed by atoms with Crippen LogP contribution >= 0.6 is 0 Å². The summed E-state index contributed by atoms with van der Waals surface area (Å²) in [7, 11) is -3.67. The lowest BCUT2D eigenvalue weighted by atomic mass is 10.1. The van der Waals surface area contributed by atoms with Crippen LogP contribution in [0.2, 0.25) is 0 Å². The first-order valence-corrected chi connectivity index (χ1v) is 8.34. The fourth-order valence-corrected chi connectivity index (χ4v) is 5.38. The molecule has 2 rings (SSSR count). The Balaban J connectivity index is 2.19. The van der Waals surface area contributed by atoms with Gasteiger partial charge in [-0.05, 0) is 19.8 Å². The SMILES string of the molecule is CC1CN(S(=O)(=O)C2CCCC2C(=O)O)CC(CO)O1. The topological polar surface area (TPSA) is 104 Å². The molecule has 0 spiro atoms. The quantitative estimate of drug-likeness (QED) is 0.736. The van der Waals surface area contributed by atoms with Crippen LogP contribution in [0.15, 0.2) is 0 Å². The summed E-state index contributed by atoms with van der Waals surface area (Å²) in [6.07, 6.45) is 0.556. The van der Waals surface area contributed by atoms with E-state index in [1.165, 1.54) is 4.31 Å². The minimum absolute atomic E-state index is 0.0893.